The summed E-state index contributed by atoms with van der Waals surface area (Å²) in [5.74, 6) is 1.51. The van der Waals surface area contributed by atoms with Crippen LogP contribution in [-0.4, -0.2) is 19.9 Å². The highest BCUT2D eigenvalue weighted by Gasteiger charge is 2.04. The normalized spacial score (nSPS) is 10.9. The summed E-state index contributed by atoms with van der Waals surface area (Å²) in [5, 5.41) is 0. The standard InChI is InChI=1S/C19H23NO2/c1-5-10-22-18-9-7-16(12-19(18)21-4)13-20-17-8-6-14(2)11-15(17)3/h6-9,11-13H,5,10H2,1-4H3. The molecule has 0 bridgehead atoms. The van der Waals surface area contributed by atoms with E-state index >= 15 is 0 Å². The first-order valence-corrected chi connectivity index (χ1v) is 7.56. The minimum absolute atomic E-state index is 0.687. The van der Waals surface area contributed by atoms with E-state index in [9.17, 15) is 0 Å². The highest BCUT2D eigenvalue weighted by molar-refractivity contribution is 5.83. The lowest BCUT2D eigenvalue weighted by molar-refractivity contribution is 0.294. The first-order valence-electron chi connectivity index (χ1n) is 7.56. The summed E-state index contributed by atoms with van der Waals surface area (Å²) >= 11 is 0. The van der Waals surface area contributed by atoms with Gasteiger partial charge >= 0.3 is 0 Å². The molecule has 116 valence electrons. The summed E-state index contributed by atoms with van der Waals surface area (Å²) in [6.07, 6.45) is 2.82. The molecule has 3 nitrogen and oxygen atoms in total. The number of nitrogens with zero attached hydrogens (tertiary/aromatic N) is 1. The van der Waals surface area contributed by atoms with Crippen LogP contribution in [0, 0.1) is 13.8 Å². The number of hydrogen-bond donors (Lipinski definition) is 0. The van der Waals surface area contributed by atoms with Crippen LogP contribution < -0.4 is 9.47 Å². The van der Waals surface area contributed by atoms with Gasteiger partial charge in [0.1, 0.15) is 0 Å². The van der Waals surface area contributed by atoms with E-state index in [0.29, 0.717) is 6.61 Å². The van der Waals surface area contributed by atoms with Crippen LogP contribution in [0.4, 0.5) is 5.69 Å². The van der Waals surface area contributed by atoms with Crippen molar-refractivity contribution in [3.8, 4) is 11.5 Å². The average Bonchev–Trinajstić information content (AvgIpc) is 2.52. The maximum Gasteiger partial charge on any atom is 0.161 e. The molecule has 0 atom stereocenters. The predicted octanol–water partition coefficient (Wildman–Crippen LogP) is 4.85. The van der Waals surface area contributed by atoms with Gasteiger partial charge in [-0.2, -0.15) is 0 Å². The van der Waals surface area contributed by atoms with Crippen molar-refractivity contribution in [2.45, 2.75) is 27.2 Å². The van der Waals surface area contributed by atoms with Gasteiger partial charge in [0.05, 0.1) is 19.4 Å². The number of aryl methyl sites for hydroxylation is 2. The monoisotopic (exact) mass is 297 g/mol. The summed E-state index contributed by atoms with van der Waals surface area (Å²) < 4.78 is 11.0. The van der Waals surface area contributed by atoms with Gasteiger partial charge in [0.2, 0.25) is 0 Å². The van der Waals surface area contributed by atoms with E-state index in [0.717, 1.165) is 29.2 Å². The van der Waals surface area contributed by atoms with E-state index in [2.05, 4.69) is 37.9 Å². The first kappa shape index (κ1) is 16.1. The van der Waals surface area contributed by atoms with Crippen molar-refractivity contribution < 1.29 is 9.47 Å². The lowest BCUT2D eigenvalue weighted by Gasteiger charge is -2.10. The molecule has 0 unspecified atom stereocenters. The van der Waals surface area contributed by atoms with Crippen LogP contribution >= 0.6 is 0 Å². The predicted molar refractivity (Wildman–Crippen MR) is 92.0 cm³/mol. The van der Waals surface area contributed by atoms with Crippen molar-refractivity contribution >= 4 is 11.9 Å². The molecule has 0 aliphatic carbocycles. The topological polar surface area (TPSA) is 30.8 Å². The Morgan fingerprint density at radius 1 is 1.05 bits per heavy atom. The Morgan fingerprint density at radius 2 is 1.86 bits per heavy atom. The smallest absolute Gasteiger partial charge is 0.161 e. The Hall–Kier alpha value is -2.29. The van der Waals surface area contributed by atoms with E-state index < -0.39 is 0 Å². The fourth-order valence-corrected chi connectivity index (χ4v) is 2.19. The third kappa shape index (κ3) is 4.10. The van der Waals surface area contributed by atoms with Crippen molar-refractivity contribution in [2.24, 2.45) is 4.99 Å². The molecule has 2 aromatic carbocycles. The SMILES string of the molecule is CCCOc1ccc(C=Nc2ccc(C)cc2C)cc1OC. The second-order valence-electron chi connectivity index (χ2n) is 5.31. The van der Waals surface area contributed by atoms with E-state index in [4.69, 9.17) is 9.47 Å². The van der Waals surface area contributed by atoms with Crippen LogP contribution in [0.3, 0.4) is 0 Å². The molecular weight excluding hydrogens is 274 g/mol. The Kier molecular flexibility index (Phi) is 5.59. The number of rotatable bonds is 6. The number of aliphatic imine (C=N–C) groups is 1. The summed E-state index contributed by atoms with van der Waals surface area (Å²) in [7, 11) is 1.65. The van der Waals surface area contributed by atoms with Crippen LogP contribution in [0.1, 0.15) is 30.0 Å². The van der Waals surface area contributed by atoms with Crippen molar-refractivity contribution in [3.05, 3.63) is 53.1 Å². The number of methoxy groups -OCH3 is 1. The molecule has 0 N–H and O–H groups in total. The quantitative estimate of drug-likeness (QED) is 0.713. The highest BCUT2D eigenvalue weighted by atomic mass is 16.5. The van der Waals surface area contributed by atoms with Gasteiger partial charge in [0.25, 0.3) is 0 Å². The van der Waals surface area contributed by atoms with Gasteiger partial charge in [0.15, 0.2) is 11.5 Å². The van der Waals surface area contributed by atoms with Gasteiger partial charge in [-0.25, -0.2) is 0 Å². The van der Waals surface area contributed by atoms with E-state index in [1.54, 1.807) is 7.11 Å². The van der Waals surface area contributed by atoms with Crippen molar-refractivity contribution in [2.75, 3.05) is 13.7 Å². The molecule has 0 aromatic heterocycles. The molecule has 0 fully saturated rings. The third-order valence-electron chi connectivity index (χ3n) is 3.35. The highest BCUT2D eigenvalue weighted by Crippen LogP contribution is 2.28. The Balaban J connectivity index is 2.20. The number of benzene rings is 2. The average molecular weight is 297 g/mol. The molecule has 0 aliphatic rings. The van der Waals surface area contributed by atoms with Crippen LogP contribution in [0.2, 0.25) is 0 Å². The molecule has 0 spiro atoms. The van der Waals surface area contributed by atoms with Gasteiger partial charge < -0.3 is 9.47 Å². The Bertz CT molecular complexity index is 662. The number of ether oxygens (including phenoxy) is 2. The van der Waals surface area contributed by atoms with E-state index in [1.165, 1.54) is 11.1 Å². The minimum atomic E-state index is 0.687. The summed E-state index contributed by atoms with van der Waals surface area (Å²) in [6.45, 7) is 6.92. The third-order valence-corrected chi connectivity index (χ3v) is 3.35. The van der Waals surface area contributed by atoms with Crippen LogP contribution in [-0.2, 0) is 0 Å². The van der Waals surface area contributed by atoms with Gasteiger partial charge in [-0.1, -0.05) is 24.6 Å². The molecule has 0 saturated heterocycles. The van der Waals surface area contributed by atoms with Gasteiger partial charge in [-0.3, -0.25) is 4.99 Å². The van der Waals surface area contributed by atoms with Crippen molar-refractivity contribution in [3.63, 3.8) is 0 Å². The maximum atomic E-state index is 5.66. The summed E-state index contributed by atoms with van der Waals surface area (Å²) in [6, 6.07) is 12.1. The van der Waals surface area contributed by atoms with Gasteiger partial charge in [-0.15, -0.1) is 0 Å². The molecule has 0 aliphatic heterocycles. The molecule has 2 rings (SSSR count). The molecule has 0 saturated carbocycles. The van der Waals surface area contributed by atoms with Crippen LogP contribution in [0.5, 0.6) is 11.5 Å². The molecular formula is C19H23NO2. The molecule has 3 heteroatoms. The largest absolute Gasteiger partial charge is 0.493 e. The first-order chi connectivity index (χ1) is 10.6. The van der Waals surface area contributed by atoms with E-state index in [-0.39, 0.29) is 0 Å². The second-order valence-corrected chi connectivity index (χ2v) is 5.31. The molecule has 0 amide bonds. The molecule has 22 heavy (non-hydrogen) atoms. The Morgan fingerprint density at radius 3 is 2.55 bits per heavy atom. The minimum Gasteiger partial charge on any atom is -0.493 e. The van der Waals surface area contributed by atoms with Crippen molar-refractivity contribution in [1.29, 1.82) is 0 Å². The summed E-state index contributed by atoms with van der Waals surface area (Å²) in [4.78, 5) is 4.56. The zero-order valence-electron chi connectivity index (χ0n) is 13.7. The molecule has 0 radical (unpaired) electrons. The summed E-state index contributed by atoms with van der Waals surface area (Å²) in [5.41, 5.74) is 4.39. The van der Waals surface area contributed by atoms with Crippen molar-refractivity contribution in [1.82, 2.24) is 0 Å². The van der Waals surface area contributed by atoms with Gasteiger partial charge in [-0.05, 0) is 55.7 Å². The second kappa shape index (κ2) is 7.64. The number of hydrogen-bond acceptors (Lipinski definition) is 3. The molecule has 2 aromatic rings. The zero-order chi connectivity index (χ0) is 15.9. The maximum absolute atomic E-state index is 5.66. The lowest BCUT2D eigenvalue weighted by atomic mass is 10.1. The molecule has 0 heterocycles. The van der Waals surface area contributed by atoms with Crippen LogP contribution in [0.15, 0.2) is 41.4 Å². The lowest BCUT2D eigenvalue weighted by Crippen LogP contribution is -1.98. The van der Waals surface area contributed by atoms with Gasteiger partial charge in [0, 0.05) is 6.21 Å². The fourth-order valence-electron chi connectivity index (χ4n) is 2.19. The van der Waals surface area contributed by atoms with Crippen LogP contribution in [0.25, 0.3) is 0 Å². The fraction of sp³-hybridized carbons (Fsp3) is 0.316. The van der Waals surface area contributed by atoms with E-state index in [1.807, 2.05) is 30.5 Å². The Labute approximate surface area is 132 Å². The zero-order valence-corrected chi connectivity index (χ0v) is 13.7.